The van der Waals surface area contributed by atoms with Gasteiger partial charge in [0.2, 0.25) is 0 Å². The molecule has 4 rings (SSSR count). The number of hydrogen-bond acceptors (Lipinski definition) is 1. The molecule has 0 aromatic rings. The summed E-state index contributed by atoms with van der Waals surface area (Å²) >= 11 is 3.74. The van der Waals surface area contributed by atoms with Gasteiger partial charge in [-0.1, -0.05) is 69.8 Å². The van der Waals surface area contributed by atoms with Crippen LogP contribution in [0.2, 0.25) is 0 Å². The maximum absolute atomic E-state index is 11.7. The Morgan fingerprint density at radius 1 is 1.00 bits per heavy atom. The molecule has 1 nitrogen and oxygen atoms in total. The summed E-state index contributed by atoms with van der Waals surface area (Å²) < 4.78 is 1.20. The Morgan fingerprint density at radius 3 is 2.43 bits per heavy atom. The SMILES string of the molecule is CC(C)CCC[C@@H](C)[C@H]1CC[C@H]2[C@@H]3CC[C@H]4CC(Br)=C(C=O)C[C@]4(C)[C@H]3CC[C@]12C. The topological polar surface area (TPSA) is 17.1 Å². The molecular weight excluding hydrogens is 432 g/mol. The van der Waals surface area contributed by atoms with Gasteiger partial charge in [-0.25, -0.2) is 0 Å². The highest BCUT2D eigenvalue weighted by atomic mass is 79.9. The largest absolute Gasteiger partial charge is 0.298 e. The molecule has 0 N–H and O–H groups in total. The summed E-state index contributed by atoms with van der Waals surface area (Å²) in [4.78, 5) is 11.7. The number of carbonyl (C=O) groups is 1. The van der Waals surface area contributed by atoms with Crippen molar-refractivity contribution in [2.24, 2.45) is 52.3 Å². The fourth-order valence-corrected chi connectivity index (χ4v) is 9.75. The molecule has 0 bridgehead atoms. The molecule has 0 radical (unpaired) electrons. The van der Waals surface area contributed by atoms with Gasteiger partial charge < -0.3 is 0 Å². The number of aldehydes is 1. The molecule has 0 aliphatic heterocycles. The van der Waals surface area contributed by atoms with Gasteiger partial charge in [0, 0.05) is 10.1 Å². The second-order valence-corrected chi connectivity index (χ2v) is 13.6. The Labute approximate surface area is 194 Å². The second kappa shape index (κ2) is 8.68. The van der Waals surface area contributed by atoms with Crippen LogP contribution in [0.4, 0.5) is 0 Å². The van der Waals surface area contributed by atoms with Crippen LogP contribution in [0.1, 0.15) is 105 Å². The van der Waals surface area contributed by atoms with Gasteiger partial charge in [-0.2, -0.15) is 0 Å². The van der Waals surface area contributed by atoms with Crippen LogP contribution < -0.4 is 0 Å². The van der Waals surface area contributed by atoms with E-state index >= 15 is 0 Å². The van der Waals surface area contributed by atoms with Gasteiger partial charge in [0.15, 0.2) is 0 Å². The lowest BCUT2D eigenvalue weighted by Crippen LogP contribution is -2.53. The van der Waals surface area contributed by atoms with E-state index in [0.717, 1.165) is 66.1 Å². The van der Waals surface area contributed by atoms with Crippen molar-refractivity contribution in [3.8, 4) is 0 Å². The van der Waals surface area contributed by atoms with Crippen LogP contribution in [-0.2, 0) is 4.79 Å². The van der Waals surface area contributed by atoms with Gasteiger partial charge >= 0.3 is 0 Å². The molecule has 2 heteroatoms. The summed E-state index contributed by atoms with van der Waals surface area (Å²) in [5.41, 5.74) is 1.98. The molecule has 4 aliphatic carbocycles. The number of allylic oxidation sites excluding steroid dienone is 2. The van der Waals surface area contributed by atoms with E-state index in [9.17, 15) is 4.79 Å². The lowest BCUT2D eigenvalue weighted by molar-refractivity contribution is -0.111. The monoisotopic (exact) mass is 476 g/mol. The Balaban J connectivity index is 1.50. The average molecular weight is 478 g/mol. The van der Waals surface area contributed by atoms with E-state index in [1.54, 1.807) is 0 Å². The third-order valence-electron chi connectivity index (χ3n) is 10.8. The van der Waals surface area contributed by atoms with Crippen LogP contribution in [0, 0.1) is 52.3 Å². The van der Waals surface area contributed by atoms with Crippen molar-refractivity contribution in [1.82, 2.24) is 0 Å². The zero-order valence-corrected chi connectivity index (χ0v) is 21.8. The smallest absolute Gasteiger partial charge is 0.146 e. The zero-order valence-electron chi connectivity index (χ0n) is 20.2. The van der Waals surface area contributed by atoms with Crippen LogP contribution >= 0.6 is 15.9 Å². The molecule has 0 heterocycles. The Morgan fingerprint density at radius 2 is 1.73 bits per heavy atom. The van der Waals surface area contributed by atoms with E-state index in [-0.39, 0.29) is 0 Å². The van der Waals surface area contributed by atoms with Crippen molar-refractivity contribution in [3.63, 3.8) is 0 Å². The van der Waals surface area contributed by atoms with Crippen molar-refractivity contribution < 1.29 is 4.79 Å². The van der Waals surface area contributed by atoms with E-state index in [2.05, 4.69) is 50.5 Å². The highest BCUT2D eigenvalue weighted by Gasteiger charge is 2.60. The number of hydrogen-bond donors (Lipinski definition) is 0. The first-order valence-corrected chi connectivity index (χ1v) is 13.8. The van der Waals surface area contributed by atoms with E-state index in [1.165, 1.54) is 62.3 Å². The minimum atomic E-state index is 0.346. The third kappa shape index (κ3) is 3.80. The predicted molar refractivity (Wildman–Crippen MR) is 130 cm³/mol. The lowest BCUT2D eigenvalue weighted by Gasteiger charge is -2.60. The Bertz CT molecular complexity index is 680. The van der Waals surface area contributed by atoms with Crippen LogP contribution in [0.3, 0.4) is 0 Å². The highest BCUT2D eigenvalue weighted by molar-refractivity contribution is 9.11. The van der Waals surface area contributed by atoms with Gasteiger partial charge in [0.05, 0.1) is 0 Å². The minimum absolute atomic E-state index is 0.346. The van der Waals surface area contributed by atoms with Crippen molar-refractivity contribution in [2.45, 2.75) is 105 Å². The Hall–Kier alpha value is -0.110. The fourth-order valence-electron chi connectivity index (χ4n) is 9.13. The number of fused-ring (bicyclic) bond motifs is 5. The molecular formula is C28H45BrO. The molecule has 0 aromatic heterocycles. The molecule has 0 unspecified atom stereocenters. The normalized spacial score (nSPS) is 44.4. The van der Waals surface area contributed by atoms with E-state index in [1.807, 2.05) is 0 Å². The molecule has 4 aliphatic rings. The summed E-state index contributed by atoms with van der Waals surface area (Å²) in [6.07, 6.45) is 16.1. The molecule has 3 fully saturated rings. The molecule has 0 amide bonds. The van der Waals surface area contributed by atoms with Crippen molar-refractivity contribution in [1.29, 1.82) is 0 Å². The minimum Gasteiger partial charge on any atom is -0.298 e. The molecule has 30 heavy (non-hydrogen) atoms. The summed E-state index contributed by atoms with van der Waals surface area (Å²) in [6.45, 7) is 12.5. The molecule has 0 spiro atoms. The third-order valence-corrected chi connectivity index (χ3v) is 11.6. The number of halogens is 1. The lowest BCUT2D eigenvalue weighted by atomic mass is 9.44. The molecule has 170 valence electrons. The van der Waals surface area contributed by atoms with Crippen LogP contribution in [0.5, 0.6) is 0 Å². The Kier molecular flexibility index (Phi) is 6.67. The van der Waals surface area contributed by atoms with Gasteiger partial charge in [0.1, 0.15) is 6.29 Å². The van der Waals surface area contributed by atoms with E-state index in [4.69, 9.17) is 0 Å². The van der Waals surface area contributed by atoms with Crippen LogP contribution in [0.25, 0.3) is 0 Å². The van der Waals surface area contributed by atoms with Crippen molar-refractivity contribution in [3.05, 3.63) is 10.1 Å². The summed E-state index contributed by atoms with van der Waals surface area (Å²) in [5.74, 6) is 6.11. The number of rotatable bonds is 6. The predicted octanol–water partition coefficient (Wildman–Crippen LogP) is 8.57. The average Bonchev–Trinajstić information content (AvgIpc) is 3.05. The van der Waals surface area contributed by atoms with Crippen LogP contribution in [0.15, 0.2) is 10.1 Å². The second-order valence-electron chi connectivity index (χ2n) is 12.6. The first-order valence-electron chi connectivity index (χ1n) is 13.0. The van der Waals surface area contributed by atoms with Crippen molar-refractivity contribution in [2.75, 3.05) is 0 Å². The molecule has 0 aromatic carbocycles. The summed E-state index contributed by atoms with van der Waals surface area (Å²) in [5, 5.41) is 0. The van der Waals surface area contributed by atoms with Gasteiger partial charge in [-0.3, -0.25) is 4.79 Å². The quantitative estimate of drug-likeness (QED) is 0.350. The summed E-state index contributed by atoms with van der Waals surface area (Å²) in [6, 6.07) is 0. The fraction of sp³-hybridized carbons (Fsp3) is 0.893. The maximum atomic E-state index is 11.7. The van der Waals surface area contributed by atoms with Gasteiger partial charge in [0.25, 0.3) is 0 Å². The molecule has 3 saturated carbocycles. The maximum Gasteiger partial charge on any atom is 0.146 e. The van der Waals surface area contributed by atoms with E-state index in [0.29, 0.717) is 10.8 Å². The summed E-state index contributed by atoms with van der Waals surface area (Å²) in [7, 11) is 0. The first-order chi connectivity index (χ1) is 14.2. The standard InChI is InChI=1S/C28H45BrO/c1-18(2)7-6-8-19(3)23-11-12-24-22-10-9-21-15-26(29)20(17-30)16-28(21,5)25(22)13-14-27(23,24)4/h17-19,21-25H,6-16H2,1-5H3/t19-,21+,22+,23-,24+,25+,27-,28+/m1/s1. The van der Waals surface area contributed by atoms with Crippen molar-refractivity contribution >= 4 is 22.2 Å². The highest BCUT2D eigenvalue weighted by Crippen LogP contribution is 2.68. The first kappa shape index (κ1) is 23.1. The van der Waals surface area contributed by atoms with E-state index < -0.39 is 0 Å². The van der Waals surface area contributed by atoms with Gasteiger partial charge in [-0.15, -0.1) is 0 Å². The molecule has 0 saturated heterocycles. The van der Waals surface area contributed by atoms with Crippen LogP contribution in [-0.4, -0.2) is 6.29 Å². The zero-order chi connectivity index (χ0) is 21.7. The van der Waals surface area contributed by atoms with Gasteiger partial charge in [-0.05, 0) is 104 Å². The number of carbonyl (C=O) groups excluding carboxylic acids is 1. The molecule has 8 atom stereocenters.